The number of hydrogen-bond acceptors (Lipinski definition) is 5. The van der Waals surface area contributed by atoms with Crippen LogP contribution in [0.3, 0.4) is 0 Å². The highest BCUT2D eigenvalue weighted by Gasteiger charge is 2.56. The van der Waals surface area contributed by atoms with Gasteiger partial charge in [-0.3, -0.25) is 0 Å². The van der Waals surface area contributed by atoms with Crippen LogP contribution in [0.25, 0.3) is 11.0 Å². The highest BCUT2D eigenvalue weighted by molar-refractivity contribution is 6.34. The summed E-state index contributed by atoms with van der Waals surface area (Å²) in [5.41, 5.74) is 0.949. The van der Waals surface area contributed by atoms with Crippen LogP contribution in [0, 0.1) is 17.6 Å². The molecular formula is C21H20ClF2N3O3. The summed E-state index contributed by atoms with van der Waals surface area (Å²) in [7, 11) is 0. The first-order valence-corrected chi connectivity index (χ1v) is 10.1. The lowest BCUT2D eigenvalue weighted by molar-refractivity contribution is -0.165. The Kier molecular flexibility index (Phi) is 4.59. The van der Waals surface area contributed by atoms with Crippen LogP contribution in [0.15, 0.2) is 36.8 Å². The van der Waals surface area contributed by atoms with Gasteiger partial charge in [-0.05, 0) is 38.0 Å². The van der Waals surface area contributed by atoms with E-state index in [0.29, 0.717) is 17.6 Å². The molecule has 30 heavy (non-hydrogen) atoms. The summed E-state index contributed by atoms with van der Waals surface area (Å²) in [5.74, 6) is -2.10. The SMILES string of the molecule is CC1(C)O[C@@H]2[C@H](O1)[C@@H](C(O)c1ccc(F)cc1)C[C@H]2n1cc(F)c2c(Cl)ncnc21. The predicted octanol–water partition coefficient (Wildman–Crippen LogP) is 4.18. The van der Waals surface area contributed by atoms with Gasteiger partial charge in [0.05, 0.1) is 23.6 Å². The number of ether oxygens (including phenoxy) is 2. The number of hydrogen-bond donors (Lipinski definition) is 1. The summed E-state index contributed by atoms with van der Waals surface area (Å²) in [4.78, 5) is 8.08. The van der Waals surface area contributed by atoms with Crippen molar-refractivity contribution in [3.8, 4) is 0 Å². The third-order valence-electron chi connectivity index (χ3n) is 5.97. The zero-order chi connectivity index (χ0) is 21.2. The Morgan fingerprint density at radius 2 is 1.87 bits per heavy atom. The fraction of sp³-hybridized carbons (Fsp3) is 0.429. The summed E-state index contributed by atoms with van der Waals surface area (Å²) in [5, 5.41) is 11.3. The molecule has 6 nitrogen and oxygen atoms in total. The summed E-state index contributed by atoms with van der Waals surface area (Å²) in [6, 6.07) is 5.40. The quantitative estimate of drug-likeness (QED) is 0.625. The van der Waals surface area contributed by atoms with Gasteiger partial charge in [0.2, 0.25) is 0 Å². The molecule has 2 fully saturated rings. The van der Waals surface area contributed by atoms with Crippen LogP contribution in [0.1, 0.15) is 38.0 Å². The molecule has 2 aromatic heterocycles. The first-order chi connectivity index (χ1) is 14.2. The molecule has 1 N–H and O–H groups in total. The second-order valence-electron chi connectivity index (χ2n) is 8.28. The lowest BCUT2D eigenvalue weighted by Crippen LogP contribution is -2.29. The average molecular weight is 436 g/mol. The van der Waals surface area contributed by atoms with Gasteiger partial charge in [-0.2, -0.15) is 0 Å². The molecule has 1 aromatic carbocycles. The first kappa shape index (κ1) is 19.8. The number of nitrogens with zero attached hydrogens (tertiary/aromatic N) is 3. The molecule has 158 valence electrons. The van der Waals surface area contributed by atoms with Gasteiger partial charge in [-0.1, -0.05) is 23.7 Å². The third-order valence-corrected chi connectivity index (χ3v) is 6.26. The molecule has 1 aliphatic heterocycles. The first-order valence-electron chi connectivity index (χ1n) is 9.71. The van der Waals surface area contributed by atoms with Gasteiger partial charge in [-0.15, -0.1) is 0 Å². The van der Waals surface area contributed by atoms with E-state index in [4.69, 9.17) is 21.1 Å². The molecule has 3 heterocycles. The van der Waals surface area contributed by atoms with Crippen molar-refractivity contribution in [3.05, 3.63) is 59.1 Å². The van der Waals surface area contributed by atoms with Crippen LogP contribution in [0.4, 0.5) is 8.78 Å². The lowest BCUT2D eigenvalue weighted by Gasteiger charge is -2.26. The Labute approximate surface area is 176 Å². The molecule has 0 bridgehead atoms. The maximum Gasteiger partial charge on any atom is 0.163 e. The fourth-order valence-corrected chi connectivity index (χ4v) is 4.96. The number of aromatic nitrogens is 3. The van der Waals surface area contributed by atoms with E-state index in [1.165, 1.54) is 24.7 Å². The minimum absolute atomic E-state index is 0.0395. The molecule has 2 aliphatic rings. The van der Waals surface area contributed by atoms with E-state index in [2.05, 4.69) is 9.97 Å². The Morgan fingerprint density at radius 1 is 1.17 bits per heavy atom. The second-order valence-corrected chi connectivity index (χ2v) is 8.63. The molecule has 9 heteroatoms. The van der Waals surface area contributed by atoms with E-state index in [9.17, 15) is 13.9 Å². The van der Waals surface area contributed by atoms with E-state index < -0.39 is 29.9 Å². The molecule has 1 saturated heterocycles. The Balaban J connectivity index is 1.56. The van der Waals surface area contributed by atoms with E-state index in [-0.39, 0.29) is 28.3 Å². The van der Waals surface area contributed by atoms with Crippen LogP contribution in [-0.4, -0.2) is 37.6 Å². The van der Waals surface area contributed by atoms with Crippen molar-refractivity contribution in [2.75, 3.05) is 0 Å². The van der Waals surface area contributed by atoms with Gasteiger partial charge in [-0.25, -0.2) is 18.7 Å². The zero-order valence-corrected chi connectivity index (χ0v) is 17.1. The van der Waals surface area contributed by atoms with Crippen molar-refractivity contribution in [1.82, 2.24) is 14.5 Å². The minimum atomic E-state index is -0.898. The van der Waals surface area contributed by atoms with E-state index in [1.54, 1.807) is 30.5 Å². The molecule has 5 rings (SSSR count). The topological polar surface area (TPSA) is 69.4 Å². The summed E-state index contributed by atoms with van der Waals surface area (Å²) in [6.45, 7) is 3.61. The Bertz CT molecular complexity index is 1100. The number of rotatable bonds is 3. The molecule has 1 saturated carbocycles. The number of benzene rings is 1. The van der Waals surface area contributed by atoms with Gasteiger partial charge >= 0.3 is 0 Å². The number of fused-ring (bicyclic) bond motifs is 2. The van der Waals surface area contributed by atoms with Crippen molar-refractivity contribution in [3.63, 3.8) is 0 Å². The smallest absolute Gasteiger partial charge is 0.163 e. The average Bonchev–Trinajstić information content (AvgIpc) is 3.30. The van der Waals surface area contributed by atoms with Gasteiger partial charge in [0.25, 0.3) is 0 Å². The summed E-state index contributed by atoms with van der Waals surface area (Å²) in [6.07, 6.45) is 1.33. The lowest BCUT2D eigenvalue weighted by atomic mass is 9.92. The van der Waals surface area contributed by atoms with Gasteiger partial charge in [0.1, 0.15) is 29.0 Å². The molecule has 3 aromatic rings. The van der Waals surface area contributed by atoms with Crippen molar-refractivity contribution in [2.45, 2.75) is 50.4 Å². The Hall–Kier alpha value is -2.13. The van der Waals surface area contributed by atoms with Gasteiger partial charge in [0.15, 0.2) is 11.6 Å². The number of halogens is 3. The van der Waals surface area contributed by atoms with E-state index in [1.807, 2.05) is 0 Å². The predicted molar refractivity (Wildman–Crippen MR) is 105 cm³/mol. The largest absolute Gasteiger partial charge is 0.388 e. The van der Waals surface area contributed by atoms with Crippen LogP contribution >= 0.6 is 11.6 Å². The third kappa shape index (κ3) is 3.10. The number of aliphatic hydroxyl groups excluding tert-OH is 1. The highest BCUT2D eigenvalue weighted by Crippen LogP contribution is 2.51. The monoisotopic (exact) mass is 435 g/mol. The summed E-state index contributed by atoms with van der Waals surface area (Å²) >= 11 is 6.08. The van der Waals surface area contributed by atoms with Crippen LogP contribution in [0.2, 0.25) is 5.15 Å². The van der Waals surface area contributed by atoms with Gasteiger partial charge < -0.3 is 19.1 Å². The van der Waals surface area contributed by atoms with E-state index >= 15 is 0 Å². The minimum Gasteiger partial charge on any atom is -0.388 e. The second kappa shape index (κ2) is 6.95. The van der Waals surface area contributed by atoms with Gasteiger partial charge in [0, 0.05) is 12.1 Å². The number of aliphatic hydroxyl groups is 1. The van der Waals surface area contributed by atoms with Crippen molar-refractivity contribution in [2.24, 2.45) is 5.92 Å². The molecule has 5 atom stereocenters. The van der Waals surface area contributed by atoms with Crippen molar-refractivity contribution >= 4 is 22.6 Å². The van der Waals surface area contributed by atoms with Crippen LogP contribution < -0.4 is 0 Å². The summed E-state index contributed by atoms with van der Waals surface area (Å²) < 4.78 is 41.9. The normalized spacial score (nSPS) is 28.7. The molecule has 0 amide bonds. The Morgan fingerprint density at radius 3 is 2.60 bits per heavy atom. The molecule has 1 unspecified atom stereocenters. The van der Waals surface area contributed by atoms with Crippen molar-refractivity contribution in [1.29, 1.82) is 0 Å². The maximum atomic E-state index is 14.6. The standard InChI is InChI=1S/C21H20ClF2N3O3/c1-21(2)29-17-12(16(28)10-3-5-11(23)6-4-10)7-14(18(17)30-21)27-8-13(24)15-19(22)25-9-26-20(15)27/h3-6,8-9,12,14,16-18,28H,7H2,1-2H3/t12-,14-,16?,17-,18+/m1/s1. The maximum absolute atomic E-state index is 14.6. The zero-order valence-electron chi connectivity index (χ0n) is 16.3. The molecule has 0 radical (unpaired) electrons. The van der Waals surface area contributed by atoms with Crippen LogP contribution in [0.5, 0.6) is 0 Å². The van der Waals surface area contributed by atoms with E-state index in [0.717, 1.165) is 0 Å². The van der Waals surface area contributed by atoms with Crippen molar-refractivity contribution < 1.29 is 23.4 Å². The van der Waals surface area contributed by atoms with Crippen LogP contribution in [-0.2, 0) is 9.47 Å². The fourth-order valence-electron chi connectivity index (χ4n) is 4.74. The molecular weight excluding hydrogens is 416 g/mol. The highest BCUT2D eigenvalue weighted by atomic mass is 35.5. The molecule has 1 aliphatic carbocycles. The molecule has 0 spiro atoms.